The fourth-order valence-corrected chi connectivity index (χ4v) is 2.76. The summed E-state index contributed by atoms with van der Waals surface area (Å²) in [5.41, 5.74) is 7.93. The predicted octanol–water partition coefficient (Wildman–Crippen LogP) is 4.62. The maximum absolute atomic E-state index is 6.19. The Morgan fingerprint density at radius 2 is 2.00 bits per heavy atom. The van der Waals surface area contributed by atoms with Crippen molar-refractivity contribution >= 4 is 23.4 Å². The van der Waals surface area contributed by atoms with Gasteiger partial charge in [0.05, 0.1) is 5.02 Å². The van der Waals surface area contributed by atoms with Crippen LogP contribution in [0, 0.1) is 6.92 Å². The molecule has 0 saturated carbocycles. The molecule has 0 radical (unpaired) electrons. The zero-order valence-corrected chi connectivity index (χ0v) is 12.5. The van der Waals surface area contributed by atoms with Crippen molar-refractivity contribution in [1.82, 2.24) is 0 Å². The van der Waals surface area contributed by atoms with Crippen molar-refractivity contribution in [1.29, 1.82) is 0 Å². The molecule has 4 heteroatoms. The van der Waals surface area contributed by atoms with Crippen molar-refractivity contribution in [2.45, 2.75) is 18.4 Å². The summed E-state index contributed by atoms with van der Waals surface area (Å²) in [6.07, 6.45) is 2.02. The third-order valence-corrected chi connectivity index (χ3v) is 3.94. The molecule has 0 amide bonds. The molecule has 2 aromatic rings. The second-order valence-corrected chi connectivity index (χ2v) is 5.43. The van der Waals surface area contributed by atoms with Gasteiger partial charge in [-0.1, -0.05) is 23.7 Å². The molecule has 0 unspecified atom stereocenters. The first-order chi connectivity index (χ1) is 9.15. The molecular weight excluding hydrogens is 278 g/mol. The van der Waals surface area contributed by atoms with Gasteiger partial charge in [0, 0.05) is 17.0 Å². The number of hydrogen-bond acceptors (Lipinski definition) is 3. The van der Waals surface area contributed by atoms with Crippen molar-refractivity contribution in [2.24, 2.45) is 5.73 Å². The van der Waals surface area contributed by atoms with Gasteiger partial charge >= 0.3 is 0 Å². The van der Waals surface area contributed by atoms with Gasteiger partial charge in [-0.05, 0) is 43.0 Å². The lowest BCUT2D eigenvalue weighted by Crippen LogP contribution is -2.01. The van der Waals surface area contributed by atoms with Gasteiger partial charge in [-0.2, -0.15) is 0 Å². The molecule has 0 heterocycles. The van der Waals surface area contributed by atoms with Crippen molar-refractivity contribution < 1.29 is 4.74 Å². The molecule has 0 aliphatic carbocycles. The zero-order valence-electron chi connectivity index (χ0n) is 10.9. The maximum atomic E-state index is 6.19. The van der Waals surface area contributed by atoms with Crippen LogP contribution in [0.2, 0.25) is 5.02 Å². The Hall–Kier alpha value is -1.16. The SMILES string of the molecule is CSc1cccc(Oc2ccc(C)cc2Cl)c1CN. The monoisotopic (exact) mass is 293 g/mol. The van der Waals surface area contributed by atoms with Crippen LogP contribution in [0.15, 0.2) is 41.3 Å². The minimum absolute atomic E-state index is 0.440. The first-order valence-electron chi connectivity index (χ1n) is 5.95. The van der Waals surface area contributed by atoms with Crippen LogP contribution in [-0.2, 0) is 6.54 Å². The van der Waals surface area contributed by atoms with E-state index in [2.05, 4.69) is 0 Å². The molecular formula is C15H16ClNOS. The van der Waals surface area contributed by atoms with Gasteiger partial charge < -0.3 is 10.5 Å². The Bertz CT molecular complexity index is 586. The molecule has 0 aliphatic rings. The molecule has 2 rings (SSSR count). The molecule has 0 atom stereocenters. The second-order valence-electron chi connectivity index (χ2n) is 4.18. The van der Waals surface area contributed by atoms with Crippen LogP contribution in [0.5, 0.6) is 11.5 Å². The fourth-order valence-electron chi connectivity index (χ4n) is 1.84. The third-order valence-electron chi connectivity index (χ3n) is 2.82. The van der Waals surface area contributed by atoms with Crippen molar-refractivity contribution in [3.8, 4) is 11.5 Å². The minimum Gasteiger partial charge on any atom is -0.455 e. The third kappa shape index (κ3) is 3.24. The quantitative estimate of drug-likeness (QED) is 0.835. The first kappa shape index (κ1) is 14.3. The van der Waals surface area contributed by atoms with Crippen molar-refractivity contribution in [3.63, 3.8) is 0 Å². The van der Waals surface area contributed by atoms with Gasteiger partial charge in [-0.25, -0.2) is 0 Å². The molecule has 0 aliphatic heterocycles. The number of ether oxygens (including phenoxy) is 1. The normalized spacial score (nSPS) is 10.5. The average molecular weight is 294 g/mol. The molecule has 0 bridgehead atoms. The highest BCUT2D eigenvalue weighted by atomic mass is 35.5. The summed E-state index contributed by atoms with van der Waals surface area (Å²) in [5, 5.41) is 0.609. The Morgan fingerprint density at radius 1 is 1.21 bits per heavy atom. The first-order valence-corrected chi connectivity index (χ1v) is 7.56. The molecule has 2 N–H and O–H groups in total. The Balaban J connectivity index is 2.37. The van der Waals surface area contributed by atoms with Crippen LogP contribution < -0.4 is 10.5 Å². The molecule has 2 nitrogen and oxygen atoms in total. The van der Waals surface area contributed by atoms with E-state index >= 15 is 0 Å². The topological polar surface area (TPSA) is 35.2 Å². The lowest BCUT2D eigenvalue weighted by atomic mass is 10.2. The van der Waals surface area contributed by atoms with Crippen LogP contribution >= 0.6 is 23.4 Å². The largest absolute Gasteiger partial charge is 0.455 e. The van der Waals surface area contributed by atoms with E-state index in [1.165, 1.54) is 0 Å². The number of rotatable bonds is 4. The van der Waals surface area contributed by atoms with Gasteiger partial charge in [0.15, 0.2) is 0 Å². The maximum Gasteiger partial charge on any atom is 0.146 e. The smallest absolute Gasteiger partial charge is 0.146 e. The average Bonchev–Trinajstić information content (AvgIpc) is 2.41. The number of benzene rings is 2. The van der Waals surface area contributed by atoms with Crippen molar-refractivity contribution in [3.05, 3.63) is 52.5 Å². The van der Waals surface area contributed by atoms with E-state index in [1.54, 1.807) is 11.8 Å². The molecule has 0 spiro atoms. The van der Waals surface area contributed by atoms with E-state index in [4.69, 9.17) is 22.1 Å². The van der Waals surface area contributed by atoms with Crippen LogP contribution in [-0.4, -0.2) is 6.26 Å². The summed E-state index contributed by atoms with van der Waals surface area (Å²) in [6.45, 7) is 2.44. The van der Waals surface area contributed by atoms with E-state index in [9.17, 15) is 0 Å². The Morgan fingerprint density at radius 3 is 2.63 bits per heavy atom. The molecule has 2 aromatic carbocycles. The highest BCUT2D eigenvalue weighted by Gasteiger charge is 2.10. The van der Waals surface area contributed by atoms with E-state index in [0.29, 0.717) is 17.3 Å². The molecule has 19 heavy (non-hydrogen) atoms. The number of aryl methyl sites for hydroxylation is 1. The predicted molar refractivity (Wildman–Crippen MR) is 82.4 cm³/mol. The van der Waals surface area contributed by atoms with Gasteiger partial charge in [0.25, 0.3) is 0 Å². The van der Waals surface area contributed by atoms with Crippen LogP contribution in [0.4, 0.5) is 0 Å². The standard InChI is InChI=1S/C15H16ClNOS/c1-10-6-7-14(12(16)8-10)18-13-4-3-5-15(19-2)11(13)9-17/h3-8H,9,17H2,1-2H3. The van der Waals surface area contributed by atoms with E-state index in [0.717, 1.165) is 21.8 Å². The van der Waals surface area contributed by atoms with E-state index in [1.807, 2.05) is 49.6 Å². The minimum atomic E-state index is 0.440. The second kappa shape index (κ2) is 6.33. The van der Waals surface area contributed by atoms with Crippen LogP contribution in [0.3, 0.4) is 0 Å². The molecule has 0 fully saturated rings. The van der Waals surface area contributed by atoms with E-state index < -0.39 is 0 Å². The molecule has 0 saturated heterocycles. The molecule has 100 valence electrons. The van der Waals surface area contributed by atoms with Crippen LogP contribution in [0.25, 0.3) is 0 Å². The number of thioether (sulfide) groups is 1. The number of halogens is 1. The lowest BCUT2D eigenvalue weighted by molar-refractivity contribution is 0.474. The summed E-state index contributed by atoms with van der Waals surface area (Å²) < 4.78 is 5.90. The number of nitrogens with two attached hydrogens (primary N) is 1. The summed E-state index contributed by atoms with van der Waals surface area (Å²) >= 11 is 7.85. The highest BCUT2D eigenvalue weighted by molar-refractivity contribution is 7.98. The van der Waals surface area contributed by atoms with Gasteiger partial charge in [0.2, 0.25) is 0 Å². The van der Waals surface area contributed by atoms with Gasteiger partial charge in [-0.3, -0.25) is 0 Å². The Kier molecular flexibility index (Phi) is 4.75. The Labute approximate surface area is 122 Å². The molecule has 0 aromatic heterocycles. The van der Waals surface area contributed by atoms with E-state index in [-0.39, 0.29) is 0 Å². The van der Waals surface area contributed by atoms with Gasteiger partial charge in [-0.15, -0.1) is 11.8 Å². The number of hydrogen-bond donors (Lipinski definition) is 1. The van der Waals surface area contributed by atoms with Crippen molar-refractivity contribution in [2.75, 3.05) is 6.26 Å². The zero-order chi connectivity index (χ0) is 13.8. The summed E-state index contributed by atoms with van der Waals surface area (Å²) in [4.78, 5) is 1.13. The highest BCUT2D eigenvalue weighted by Crippen LogP contribution is 2.35. The fraction of sp³-hybridized carbons (Fsp3) is 0.200. The van der Waals surface area contributed by atoms with Gasteiger partial charge in [0.1, 0.15) is 11.5 Å². The van der Waals surface area contributed by atoms with Crippen LogP contribution in [0.1, 0.15) is 11.1 Å². The summed E-state index contributed by atoms with van der Waals surface area (Å²) in [7, 11) is 0. The lowest BCUT2D eigenvalue weighted by Gasteiger charge is -2.14. The summed E-state index contributed by atoms with van der Waals surface area (Å²) in [5.74, 6) is 1.42. The summed E-state index contributed by atoms with van der Waals surface area (Å²) in [6, 6.07) is 11.7.